The molecule has 0 unspecified atom stereocenters. The smallest absolute Gasteiger partial charge is 0.243 e. The number of nitrogens with one attached hydrogen (secondary N) is 1. The quantitative estimate of drug-likeness (QED) is 0.513. The van der Waals surface area contributed by atoms with Crippen LogP contribution in [0, 0.1) is 0 Å². The number of anilines is 1. The molecular weight excluding hydrogens is 438 g/mol. The normalized spacial score (nSPS) is 14.7. The molecule has 1 aromatic carbocycles. The van der Waals surface area contributed by atoms with E-state index in [2.05, 4.69) is 15.5 Å². The molecule has 0 atom stereocenters. The highest BCUT2D eigenvalue weighted by molar-refractivity contribution is 7.99. The van der Waals surface area contributed by atoms with Gasteiger partial charge in [-0.2, -0.15) is 4.31 Å². The predicted octanol–water partition coefficient (Wildman–Crippen LogP) is 3.07. The summed E-state index contributed by atoms with van der Waals surface area (Å²) >= 11 is 1.27. The topological polar surface area (TPSA) is 110 Å². The Bertz CT molecular complexity index is 1130. The van der Waals surface area contributed by atoms with Crippen molar-refractivity contribution in [3.8, 4) is 11.6 Å². The molecule has 0 spiro atoms. The van der Waals surface area contributed by atoms with Gasteiger partial charge in [0.2, 0.25) is 15.9 Å². The number of thioether (sulfide) groups is 1. The molecule has 3 aromatic rings. The lowest BCUT2D eigenvalue weighted by Gasteiger charge is -2.15. The molecule has 1 fully saturated rings. The van der Waals surface area contributed by atoms with Crippen molar-refractivity contribution in [2.75, 3.05) is 24.2 Å². The van der Waals surface area contributed by atoms with Gasteiger partial charge in [-0.1, -0.05) is 11.8 Å². The van der Waals surface area contributed by atoms with Crippen LogP contribution in [0.2, 0.25) is 0 Å². The Morgan fingerprint density at radius 2 is 1.90 bits per heavy atom. The zero-order valence-electron chi connectivity index (χ0n) is 17.0. The monoisotopic (exact) mass is 461 g/mol. The summed E-state index contributed by atoms with van der Waals surface area (Å²) in [6.45, 7) is 3.72. The van der Waals surface area contributed by atoms with Crippen LogP contribution >= 0.6 is 11.8 Å². The first kappa shape index (κ1) is 21.6. The molecule has 1 aliphatic rings. The Morgan fingerprint density at radius 3 is 2.55 bits per heavy atom. The van der Waals surface area contributed by atoms with Gasteiger partial charge in [0.05, 0.1) is 16.9 Å². The fraction of sp³-hybridized carbons (Fsp3) is 0.350. The highest BCUT2D eigenvalue weighted by Crippen LogP contribution is 2.25. The number of aromatic nitrogens is 3. The van der Waals surface area contributed by atoms with E-state index < -0.39 is 10.0 Å². The van der Waals surface area contributed by atoms with Crippen molar-refractivity contribution in [1.29, 1.82) is 0 Å². The maximum absolute atomic E-state index is 12.6. The summed E-state index contributed by atoms with van der Waals surface area (Å²) in [5, 5.41) is 11.7. The lowest BCUT2D eigenvalue weighted by Crippen LogP contribution is -2.27. The molecule has 0 saturated carbocycles. The number of carbonyl (C=O) groups excluding carboxylic acids is 1. The number of furan rings is 1. The largest absolute Gasteiger partial charge is 0.461 e. The molecule has 0 radical (unpaired) electrons. The van der Waals surface area contributed by atoms with E-state index in [4.69, 9.17) is 4.42 Å². The Labute approximate surface area is 184 Å². The van der Waals surface area contributed by atoms with E-state index in [1.165, 1.54) is 28.2 Å². The van der Waals surface area contributed by atoms with Crippen LogP contribution in [0.4, 0.5) is 5.69 Å². The number of benzene rings is 1. The second-order valence-corrected chi connectivity index (χ2v) is 9.88. The van der Waals surface area contributed by atoms with Crippen molar-refractivity contribution in [2.24, 2.45) is 0 Å². The molecule has 0 bridgehead atoms. The molecule has 3 heterocycles. The first-order valence-electron chi connectivity index (χ1n) is 9.99. The molecule has 9 nitrogen and oxygen atoms in total. The highest BCUT2D eigenvalue weighted by Gasteiger charge is 2.27. The predicted molar refractivity (Wildman–Crippen MR) is 117 cm³/mol. The Balaban J connectivity index is 1.36. The summed E-state index contributed by atoms with van der Waals surface area (Å²) < 4.78 is 33.9. The standard InChI is InChI=1S/C20H23N5O4S2/c1-2-25-19(17-6-5-13-29-17)22-23-20(25)30-14-18(26)21-15-7-9-16(10-8-15)31(27,28)24-11-3-4-12-24/h5-10,13H,2-4,11-12,14H2,1H3,(H,21,26). The Morgan fingerprint density at radius 1 is 1.16 bits per heavy atom. The summed E-state index contributed by atoms with van der Waals surface area (Å²) in [5.41, 5.74) is 0.541. The van der Waals surface area contributed by atoms with E-state index in [1.807, 2.05) is 17.6 Å². The molecule has 2 aromatic heterocycles. The van der Waals surface area contributed by atoms with Crippen molar-refractivity contribution in [2.45, 2.75) is 36.4 Å². The van der Waals surface area contributed by atoms with Gasteiger partial charge in [0.25, 0.3) is 0 Å². The third-order valence-corrected chi connectivity index (χ3v) is 7.83. The van der Waals surface area contributed by atoms with E-state index in [9.17, 15) is 13.2 Å². The fourth-order valence-electron chi connectivity index (χ4n) is 3.38. The summed E-state index contributed by atoms with van der Waals surface area (Å²) in [6.07, 6.45) is 3.35. The van der Waals surface area contributed by atoms with E-state index in [-0.39, 0.29) is 16.6 Å². The number of nitrogens with zero attached hydrogens (tertiary/aromatic N) is 4. The average molecular weight is 462 g/mol. The molecular formula is C20H23N5O4S2. The third kappa shape index (κ3) is 4.68. The third-order valence-electron chi connectivity index (χ3n) is 4.95. The minimum Gasteiger partial charge on any atom is -0.461 e. The van der Waals surface area contributed by atoms with E-state index in [0.29, 0.717) is 42.1 Å². The molecule has 1 aliphatic heterocycles. The van der Waals surface area contributed by atoms with Gasteiger partial charge in [-0.3, -0.25) is 9.36 Å². The number of hydrogen-bond acceptors (Lipinski definition) is 7. The van der Waals surface area contributed by atoms with E-state index in [1.54, 1.807) is 24.5 Å². The maximum atomic E-state index is 12.6. The highest BCUT2D eigenvalue weighted by atomic mass is 32.2. The molecule has 31 heavy (non-hydrogen) atoms. The molecule has 1 amide bonds. The number of rotatable bonds is 8. The van der Waals surface area contributed by atoms with Crippen LogP contribution in [0.25, 0.3) is 11.6 Å². The second kappa shape index (κ2) is 9.25. The second-order valence-electron chi connectivity index (χ2n) is 7.00. The molecule has 4 rings (SSSR count). The van der Waals surface area contributed by atoms with Gasteiger partial charge in [-0.15, -0.1) is 10.2 Å². The lowest BCUT2D eigenvalue weighted by atomic mass is 10.3. The first-order valence-corrected chi connectivity index (χ1v) is 12.4. The van der Waals surface area contributed by atoms with Crippen molar-refractivity contribution in [1.82, 2.24) is 19.1 Å². The van der Waals surface area contributed by atoms with Gasteiger partial charge in [-0.05, 0) is 56.2 Å². The van der Waals surface area contributed by atoms with Gasteiger partial charge in [-0.25, -0.2) is 8.42 Å². The van der Waals surface area contributed by atoms with Gasteiger partial charge < -0.3 is 9.73 Å². The van der Waals surface area contributed by atoms with E-state index >= 15 is 0 Å². The summed E-state index contributed by atoms with van der Waals surface area (Å²) in [6, 6.07) is 9.86. The Kier molecular flexibility index (Phi) is 6.44. The zero-order valence-corrected chi connectivity index (χ0v) is 18.7. The molecule has 1 saturated heterocycles. The fourth-order valence-corrected chi connectivity index (χ4v) is 5.70. The number of sulfonamides is 1. The van der Waals surface area contributed by atoms with E-state index in [0.717, 1.165) is 12.8 Å². The van der Waals surface area contributed by atoms with Crippen LogP contribution in [0.15, 0.2) is 57.1 Å². The molecule has 0 aliphatic carbocycles. The van der Waals surface area contributed by atoms with Crippen LogP contribution < -0.4 is 5.32 Å². The van der Waals surface area contributed by atoms with Crippen LogP contribution in [0.5, 0.6) is 0 Å². The summed E-state index contributed by atoms with van der Waals surface area (Å²) in [4.78, 5) is 12.6. The van der Waals surface area contributed by atoms with Gasteiger partial charge >= 0.3 is 0 Å². The van der Waals surface area contributed by atoms with Crippen molar-refractivity contribution >= 4 is 33.4 Å². The summed E-state index contributed by atoms with van der Waals surface area (Å²) in [7, 11) is -3.46. The molecule has 11 heteroatoms. The van der Waals surface area contributed by atoms with Gasteiger partial charge in [0.1, 0.15) is 0 Å². The minimum atomic E-state index is -3.46. The van der Waals surface area contributed by atoms with Crippen LogP contribution in [0.3, 0.4) is 0 Å². The Hall–Kier alpha value is -2.63. The van der Waals surface area contributed by atoms with Gasteiger partial charge in [0.15, 0.2) is 16.7 Å². The molecule has 1 N–H and O–H groups in total. The van der Waals surface area contributed by atoms with Crippen molar-refractivity contribution in [3.05, 3.63) is 42.7 Å². The van der Waals surface area contributed by atoms with Crippen molar-refractivity contribution < 1.29 is 17.6 Å². The van der Waals surface area contributed by atoms with Crippen LogP contribution in [-0.2, 0) is 21.4 Å². The SMILES string of the molecule is CCn1c(SCC(=O)Nc2ccc(S(=O)(=O)N3CCCC3)cc2)nnc1-c1ccco1. The average Bonchev–Trinajstić information content (AvgIpc) is 3.54. The van der Waals surface area contributed by atoms with Crippen molar-refractivity contribution in [3.63, 3.8) is 0 Å². The maximum Gasteiger partial charge on any atom is 0.243 e. The van der Waals surface area contributed by atoms with Gasteiger partial charge in [0, 0.05) is 25.3 Å². The number of amides is 1. The van der Waals surface area contributed by atoms with Crippen LogP contribution in [0.1, 0.15) is 19.8 Å². The number of carbonyl (C=O) groups is 1. The zero-order chi connectivity index (χ0) is 21.8. The minimum absolute atomic E-state index is 0.143. The van der Waals surface area contributed by atoms with Crippen LogP contribution in [-0.4, -0.2) is 52.2 Å². The number of hydrogen-bond donors (Lipinski definition) is 1. The summed E-state index contributed by atoms with van der Waals surface area (Å²) in [5.74, 6) is 1.16. The lowest BCUT2D eigenvalue weighted by molar-refractivity contribution is -0.113. The molecule has 164 valence electrons. The first-order chi connectivity index (χ1) is 15.0.